The average molecular weight is 493 g/mol. The molecule has 0 saturated carbocycles. The van der Waals surface area contributed by atoms with E-state index in [-0.39, 0.29) is 40.2 Å². The van der Waals surface area contributed by atoms with E-state index in [1.54, 1.807) is 42.5 Å². The van der Waals surface area contributed by atoms with Crippen LogP contribution in [-0.4, -0.2) is 52.9 Å². The number of sulfonamides is 1. The molecule has 0 spiro atoms. The minimum Gasteiger partial charge on any atom is -0.507 e. The number of carbonyl (C=O) groups excluding carboxylic acids is 1. The summed E-state index contributed by atoms with van der Waals surface area (Å²) in [6.07, 6.45) is 0.967. The van der Waals surface area contributed by atoms with Gasteiger partial charge in [-0.25, -0.2) is 28.2 Å². The molecule has 0 aliphatic carbocycles. The maximum atomic E-state index is 11.8. The first-order valence-corrected chi connectivity index (χ1v) is 12.1. The van der Waals surface area contributed by atoms with Crippen molar-refractivity contribution in [2.75, 3.05) is 18.1 Å². The van der Waals surface area contributed by atoms with E-state index in [9.17, 15) is 23.4 Å². The minimum absolute atomic E-state index is 0.0416. The monoisotopic (exact) mass is 492 g/mol. The highest BCUT2D eigenvalue weighted by atomic mass is 32.2. The topological polar surface area (TPSA) is 152 Å². The van der Waals surface area contributed by atoms with E-state index >= 15 is 0 Å². The molecule has 0 radical (unpaired) electrons. The normalized spacial score (nSPS) is 11.1. The lowest BCUT2D eigenvalue weighted by molar-refractivity contribution is 0.0600. The number of nitrogens with one attached hydrogen (secondary N) is 1. The van der Waals surface area contributed by atoms with Crippen LogP contribution in [0.5, 0.6) is 11.5 Å². The zero-order chi connectivity index (χ0) is 25.2. The van der Waals surface area contributed by atoms with Gasteiger partial charge >= 0.3 is 5.97 Å². The second kappa shape index (κ2) is 9.39. The van der Waals surface area contributed by atoms with Gasteiger partial charge in [0, 0.05) is 5.56 Å². The molecule has 0 aliphatic heterocycles. The summed E-state index contributed by atoms with van der Waals surface area (Å²) in [7, 11) is -2.37. The molecule has 4 aromatic rings. The Morgan fingerprint density at radius 1 is 0.829 bits per heavy atom. The standard InChI is InChI=1S/C24H20N4O6S/c1-34-24(31)15-12-10-14(11-13-15)21-25-22(16-6-3-4-9-19(16)29)27-23(26-21)17-7-5-8-18(20(17)30)28-35(2,32)33/h3-13,28-30H,1-2H3. The number of nitrogens with zero attached hydrogens (tertiary/aromatic N) is 3. The van der Waals surface area contributed by atoms with Crippen molar-refractivity contribution in [2.24, 2.45) is 0 Å². The zero-order valence-electron chi connectivity index (χ0n) is 18.6. The first-order valence-electron chi connectivity index (χ1n) is 10.2. The Labute approximate surface area is 201 Å². The van der Waals surface area contributed by atoms with Crippen LogP contribution in [0.1, 0.15) is 10.4 Å². The SMILES string of the molecule is COC(=O)c1ccc(-c2nc(-c3ccccc3O)nc(-c3cccc(NS(C)(=O)=O)c3O)n2)cc1. The third-order valence-electron chi connectivity index (χ3n) is 4.92. The predicted octanol–water partition coefficient (Wildman–Crippen LogP) is 3.44. The van der Waals surface area contributed by atoms with Gasteiger partial charge in [-0.3, -0.25) is 4.72 Å². The van der Waals surface area contributed by atoms with E-state index < -0.39 is 16.0 Å². The Balaban J connectivity index is 1.90. The van der Waals surface area contributed by atoms with Gasteiger partial charge in [-0.05, 0) is 36.4 Å². The number of hydrogen-bond acceptors (Lipinski definition) is 9. The molecule has 1 aromatic heterocycles. The van der Waals surface area contributed by atoms with Gasteiger partial charge in [0.15, 0.2) is 23.2 Å². The van der Waals surface area contributed by atoms with Crippen LogP contribution in [-0.2, 0) is 14.8 Å². The van der Waals surface area contributed by atoms with Crippen molar-refractivity contribution in [1.82, 2.24) is 15.0 Å². The predicted molar refractivity (Wildman–Crippen MR) is 129 cm³/mol. The van der Waals surface area contributed by atoms with Gasteiger partial charge in [-0.15, -0.1) is 0 Å². The Kier molecular flexibility index (Phi) is 6.34. The summed E-state index contributed by atoms with van der Waals surface area (Å²) in [6.45, 7) is 0. The first-order chi connectivity index (χ1) is 16.7. The lowest BCUT2D eigenvalue weighted by atomic mass is 10.1. The summed E-state index contributed by atoms with van der Waals surface area (Å²) in [5.74, 6) is -0.567. The number of benzene rings is 3. The number of phenols is 2. The smallest absolute Gasteiger partial charge is 0.337 e. The summed E-state index contributed by atoms with van der Waals surface area (Å²) >= 11 is 0. The molecule has 0 saturated heterocycles. The maximum absolute atomic E-state index is 11.8. The van der Waals surface area contributed by atoms with Gasteiger partial charge < -0.3 is 14.9 Å². The molecule has 0 unspecified atom stereocenters. The van der Waals surface area contributed by atoms with Crippen LogP contribution < -0.4 is 4.72 Å². The molecule has 1 heterocycles. The molecule has 178 valence electrons. The number of hydrogen-bond donors (Lipinski definition) is 3. The van der Waals surface area contributed by atoms with Crippen LogP contribution in [0.15, 0.2) is 66.7 Å². The number of carbonyl (C=O) groups is 1. The summed E-state index contributed by atoms with van der Waals surface area (Å²) in [5.41, 5.74) is 1.30. The van der Waals surface area contributed by atoms with E-state index in [1.807, 2.05) is 0 Å². The number of phenolic OH excluding ortho intramolecular Hbond substituents is 2. The molecule has 11 heteroatoms. The van der Waals surface area contributed by atoms with E-state index in [1.165, 1.54) is 31.4 Å². The molecule has 0 aliphatic rings. The quantitative estimate of drug-likeness (QED) is 0.271. The maximum Gasteiger partial charge on any atom is 0.337 e. The summed E-state index contributed by atoms with van der Waals surface area (Å²) in [4.78, 5) is 25.1. The second-order valence-electron chi connectivity index (χ2n) is 7.47. The Bertz CT molecular complexity index is 1520. The number of anilines is 1. The third-order valence-corrected chi connectivity index (χ3v) is 5.51. The van der Waals surface area contributed by atoms with Gasteiger partial charge in [0.05, 0.1) is 35.7 Å². The largest absolute Gasteiger partial charge is 0.507 e. The molecule has 35 heavy (non-hydrogen) atoms. The van der Waals surface area contributed by atoms with Crippen molar-refractivity contribution in [3.05, 3.63) is 72.3 Å². The Hall–Kier alpha value is -4.51. The van der Waals surface area contributed by atoms with Crippen LogP contribution >= 0.6 is 0 Å². The molecule has 3 aromatic carbocycles. The second-order valence-corrected chi connectivity index (χ2v) is 9.22. The van der Waals surface area contributed by atoms with Crippen LogP contribution in [0.3, 0.4) is 0 Å². The summed E-state index contributed by atoms with van der Waals surface area (Å²) < 4.78 is 30.4. The van der Waals surface area contributed by atoms with Crippen molar-refractivity contribution >= 4 is 21.7 Å². The highest BCUT2D eigenvalue weighted by Crippen LogP contribution is 2.36. The van der Waals surface area contributed by atoms with E-state index in [0.29, 0.717) is 16.7 Å². The molecule has 10 nitrogen and oxygen atoms in total. The van der Waals surface area contributed by atoms with Crippen molar-refractivity contribution < 1.29 is 28.2 Å². The molecular weight excluding hydrogens is 472 g/mol. The van der Waals surface area contributed by atoms with Crippen LogP contribution in [0.25, 0.3) is 34.2 Å². The summed E-state index contributed by atoms with van der Waals surface area (Å²) in [6, 6.07) is 17.3. The molecule has 4 rings (SSSR count). The molecule has 0 atom stereocenters. The molecule has 0 fully saturated rings. The number of esters is 1. The number of aromatic hydroxyl groups is 2. The number of methoxy groups -OCH3 is 1. The Morgan fingerprint density at radius 3 is 2.06 bits per heavy atom. The fraction of sp³-hybridized carbons (Fsp3) is 0.0833. The van der Waals surface area contributed by atoms with Gasteiger partial charge in [-0.1, -0.05) is 30.3 Å². The first kappa shape index (κ1) is 23.6. The van der Waals surface area contributed by atoms with Crippen LogP contribution in [0, 0.1) is 0 Å². The van der Waals surface area contributed by atoms with Gasteiger partial charge in [-0.2, -0.15) is 0 Å². The third kappa shape index (κ3) is 5.20. The highest BCUT2D eigenvalue weighted by Gasteiger charge is 2.19. The van der Waals surface area contributed by atoms with E-state index in [2.05, 4.69) is 19.7 Å². The fourth-order valence-corrected chi connectivity index (χ4v) is 3.85. The zero-order valence-corrected chi connectivity index (χ0v) is 19.4. The van der Waals surface area contributed by atoms with Crippen LogP contribution in [0.2, 0.25) is 0 Å². The number of ether oxygens (including phenoxy) is 1. The van der Waals surface area contributed by atoms with Gasteiger partial charge in [0.2, 0.25) is 10.0 Å². The lowest BCUT2D eigenvalue weighted by Gasteiger charge is -2.12. The number of aromatic nitrogens is 3. The molecule has 0 amide bonds. The van der Waals surface area contributed by atoms with Crippen molar-refractivity contribution in [3.63, 3.8) is 0 Å². The number of rotatable bonds is 6. The molecular formula is C24H20N4O6S. The van der Waals surface area contributed by atoms with Crippen LogP contribution in [0.4, 0.5) is 5.69 Å². The van der Waals surface area contributed by atoms with Gasteiger partial charge in [0.25, 0.3) is 0 Å². The minimum atomic E-state index is -3.65. The number of para-hydroxylation sites is 2. The van der Waals surface area contributed by atoms with Crippen molar-refractivity contribution in [1.29, 1.82) is 0 Å². The molecule has 0 bridgehead atoms. The van der Waals surface area contributed by atoms with Gasteiger partial charge in [0.1, 0.15) is 5.75 Å². The van der Waals surface area contributed by atoms with Crippen molar-refractivity contribution in [2.45, 2.75) is 0 Å². The average Bonchev–Trinajstić information content (AvgIpc) is 2.84. The Morgan fingerprint density at radius 2 is 1.43 bits per heavy atom. The van der Waals surface area contributed by atoms with E-state index in [4.69, 9.17) is 4.74 Å². The molecule has 3 N–H and O–H groups in total. The summed E-state index contributed by atoms with van der Waals surface area (Å²) in [5, 5.41) is 21.1. The lowest BCUT2D eigenvalue weighted by Crippen LogP contribution is -2.10. The highest BCUT2D eigenvalue weighted by molar-refractivity contribution is 7.92. The van der Waals surface area contributed by atoms with E-state index in [0.717, 1.165) is 6.26 Å². The van der Waals surface area contributed by atoms with Crippen molar-refractivity contribution in [3.8, 4) is 45.7 Å². The fourth-order valence-electron chi connectivity index (χ4n) is 3.29.